The standard InChI is InChI=1S/C15H30N2O/c1-12(18)13-7-9-17(10-8-13)11-14-5-3-4-6-15(14)16-2/h12-16,18H,3-11H2,1-2H3. The summed E-state index contributed by atoms with van der Waals surface area (Å²) < 4.78 is 0. The zero-order chi connectivity index (χ0) is 13.0. The highest BCUT2D eigenvalue weighted by atomic mass is 16.3. The lowest BCUT2D eigenvalue weighted by Crippen LogP contribution is -2.45. The van der Waals surface area contributed by atoms with Gasteiger partial charge in [0.25, 0.3) is 0 Å². The molecule has 0 radical (unpaired) electrons. The first-order valence-corrected chi connectivity index (χ1v) is 7.78. The quantitative estimate of drug-likeness (QED) is 0.804. The van der Waals surface area contributed by atoms with Gasteiger partial charge < -0.3 is 15.3 Å². The number of aliphatic hydroxyl groups is 1. The number of aliphatic hydroxyl groups excluding tert-OH is 1. The molecule has 0 aromatic carbocycles. The predicted octanol–water partition coefficient (Wildman–Crippen LogP) is 1.86. The first kappa shape index (κ1) is 14.3. The minimum absolute atomic E-state index is 0.119. The summed E-state index contributed by atoms with van der Waals surface area (Å²) in [7, 11) is 2.11. The van der Waals surface area contributed by atoms with Crippen LogP contribution in [0.15, 0.2) is 0 Å². The lowest BCUT2D eigenvalue weighted by Gasteiger charge is -2.39. The third-order valence-corrected chi connectivity index (χ3v) is 5.09. The zero-order valence-corrected chi connectivity index (χ0v) is 12.1. The van der Waals surface area contributed by atoms with Crippen LogP contribution in [0, 0.1) is 11.8 Å². The fourth-order valence-corrected chi connectivity index (χ4v) is 3.76. The summed E-state index contributed by atoms with van der Waals surface area (Å²) in [6, 6.07) is 0.730. The second kappa shape index (κ2) is 6.88. The SMILES string of the molecule is CNC1CCCCC1CN1CCC(C(C)O)CC1. The largest absolute Gasteiger partial charge is 0.393 e. The van der Waals surface area contributed by atoms with E-state index in [4.69, 9.17) is 0 Å². The first-order valence-electron chi connectivity index (χ1n) is 7.78. The van der Waals surface area contributed by atoms with E-state index in [1.165, 1.54) is 58.2 Å². The Bertz CT molecular complexity index is 237. The number of likely N-dealkylation sites (tertiary alicyclic amines) is 1. The Balaban J connectivity index is 1.76. The highest BCUT2D eigenvalue weighted by Gasteiger charge is 2.28. The average molecular weight is 254 g/mol. The van der Waals surface area contributed by atoms with Crippen molar-refractivity contribution in [3.05, 3.63) is 0 Å². The van der Waals surface area contributed by atoms with Gasteiger partial charge in [0.2, 0.25) is 0 Å². The van der Waals surface area contributed by atoms with Gasteiger partial charge in [0.15, 0.2) is 0 Å². The molecule has 106 valence electrons. The monoisotopic (exact) mass is 254 g/mol. The topological polar surface area (TPSA) is 35.5 Å². The van der Waals surface area contributed by atoms with Crippen LogP contribution in [0.5, 0.6) is 0 Å². The molecule has 2 rings (SSSR count). The molecule has 3 unspecified atom stereocenters. The molecule has 0 amide bonds. The van der Waals surface area contributed by atoms with Crippen LogP contribution in [-0.4, -0.2) is 48.8 Å². The normalized spacial score (nSPS) is 33.5. The van der Waals surface area contributed by atoms with E-state index >= 15 is 0 Å². The second-order valence-electron chi connectivity index (χ2n) is 6.32. The van der Waals surface area contributed by atoms with Crippen molar-refractivity contribution in [2.24, 2.45) is 11.8 Å². The number of nitrogens with one attached hydrogen (secondary N) is 1. The molecule has 1 heterocycles. The van der Waals surface area contributed by atoms with Crippen LogP contribution >= 0.6 is 0 Å². The van der Waals surface area contributed by atoms with Gasteiger partial charge in [0.1, 0.15) is 0 Å². The average Bonchev–Trinajstić information content (AvgIpc) is 2.40. The highest BCUT2D eigenvalue weighted by molar-refractivity contribution is 4.84. The number of nitrogens with zero attached hydrogens (tertiary/aromatic N) is 1. The maximum atomic E-state index is 9.64. The van der Waals surface area contributed by atoms with Crippen molar-refractivity contribution in [1.29, 1.82) is 0 Å². The van der Waals surface area contributed by atoms with Crippen LogP contribution in [0.3, 0.4) is 0 Å². The lowest BCUT2D eigenvalue weighted by molar-refractivity contribution is 0.0606. The number of hydrogen-bond acceptors (Lipinski definition) is 3. The smallest absolute Gasteiger partial charge is 0.0541 e. The Morgan fingerprint density at radius 2 is 1.83 bits per heavy atom. The maximum absolute atomic E-state index is 9.64. The molecule has 2 aliphatic rings. The van der Waals surface area contributed by atoms with Gasteiger partial charge in [-0.05, 0) is 64.6 Å². The Labute approximate surface area is 112 Å². The van der Waals surface area contributed by atoms with Crippen LogP contribution in [-0.2, 0) is 0 Å². The second-order valence-corrected chi connectivity index (χ2v) is 6.32. The molecule has 2 N–H and O–H groups in total. The van der Waals surface area contributed by atoms with Crippen LogP contribution < -0.4 is 5.32 Å². The molecule has 0 aromatic rings. The van der Waals surface area contributed by atoms with Crippen molar-refractivity contribution in [1.82, 2.24) is 10.2 Å². The Morgan fingerprint density at radius 1 is 1.17 bits per heavy atom. The van der Waals surface area contributed by atoms with Gasteiger partial charge in [-0.2, -0.15) is 0 Å². The summed E-state index contributed by atoms with van der Waals surface area (Å²) in [5.41, 5.74) is 0. The Hall–Kier alpha value is -0.120. The summed E-state index contributed by atoms with van der Waals surface area (Å²) in [5.74, 6) is 1.37. The number of rotatable bonds is 4. The summed E-state index contributed by atoms with van der Waals surface area (Å²) in [5, 5.41) is 13.1. The molecule has 0 bridgehead atoms. The van der Waals surface area contributed by atoms with E-state index in [0.29, 0.717) is 5.92 Å². The molecule has 3 heteroatoms. The number of hydrogen-bond donors (Lipinski definition) is 2. The molecule has 2 fully saturated rings. The molecule has 1 aliphatic carbocycles. The fourth-order valence-electron chi connectivity index (χ4n) is 3.76. The van der Waals surface area contributed by atoms with Crippen molar-refractivity contribution in [3.63, 3.8) is 0 Å². The molecular formula is C15H30N2O. The summed E-state index contributed by atoms with van der Waals surface area (Å²) in [4.78, 5) is 2.62. The fraction of sp³-hybridized carbons (Fsp3) is 1.00. The van der Waals surface area contributed by atoms with Gasteiger partial charge in [-0.25, -0.2) is 0 Å². The third kappa shape index (κ3) is 3.69. The van der Waals surface area contributed by atoms with Crippen LogP contribution in [0.4, 0.5) is 0 Å². The molecule has 1 saturated heterocycles. The molecule has 0 spiro atoms. The van der Waals surface area contributed by atoms with Crippen LogP contribution in [0.25, 0.3) is 0 Å². The molecule has 3 atom stereocenters. The maximum Gasteiger partial charge on any atom is 0.0541 e. The van der Waals surface area contributed by atoms with Crippen molar-refractivity contribution >= 4 is 0 Å². The Kier molecular flexibility index (Phi) is 5.46. The van der Waals surface area contributed by atoms with E-state index in [1.807, 2.05) is 6.92 Å². The van der Waals surface area contributed by atoms with E-state index in [0.717, 1.165) is 12.0 Å². The molecule has 1 saturated carbocycles. The highest BCUT2D eigenvalue weighted by Crippen LogP contribution is 2.27. The summed E-state index contributed by atoms with van der Waals surface area (Å²) >= 11 is 0. The van der Waals surface area contributed by atoms with Gasteiger partial charge in [-0.3, -0.25) is 0 Å². The summed E-state index contributed by atoms with van der Waals surface area (Å²) in [6.07, 6.45) is 7.78. The summed E-state index contributed by atoms with van der Waals surface area (Å²) in [6.45, 7) is 5.57. The van der Waals surface area contributed by atoms with E-state index < -0.39 is 0 Å². The van der Waals surface area contributed by atoms with Gasteiger partial charge >= 0.3 is 0 Å². The van der Waals surface area contributed by atoms with Gasteiger partial charge in [0.05, 0.1) is 6.10 Å². The van der Waals surface area contributed by atoms with Crippen molar-refractivity contribution in [2.45, 2.75) is 57.6 Å². The first-order chi connectivity index (χ1) is 8.70. The zero-order valence-electron chi connectivity index (χ0n) is 12.1. The van der Waals surface area contributed by atoms with E-state index in [2.05, 4.69) is 17.3 Å². The van der Waals surface area contributed by atoms with Crippen molar-refractivity contribution < 1.29 is 5.11 Å². The van der Waals surface area contributed by atoms with Gasteiger partial charge in [-0.15, -0.1) is 0 Å². The molecule has 1 aliphatic heterocycles. The predicted molar refractivity (Wildman–Crippen MR) is 75.7 cm³/mol. The van der Waals surface area contributed by atoms with E-state index in [-0.39, 0.29) is 6.10 Å². The number of piperidine rings is 1. The van der Waals surface area contributed by atoms with Crippen molar-refractivity contribution in [2.75, 3.05) is 26.7 Å². The molecule has 0 aromatic heterocycles. The lowest BCUT2D eigenvalue weighted by atomic mass is 9.83. The Morgan fingerprint density at radius 3 is 2.44 bits per heavy atom. The third-order valence-electron chi connectivity index (χ3n) is 5.09. The molecule has 3 nitrogen and oxygen atoms in total. The minimum atomic E-state index is -0.119. The van der Waals surface area contributed by atoms with Crippen LogP contribution in [0.2, 0.25) is 0 Å². The van der Waals surface area contributed by atoms with E-state index in [1.54, 1.807) is 0 Å². The van der Waals surface area contributed by atoms with Gasteiger partial charge in [-0.1, -0.05) is 12.8 Å². The molecule has 18 heavy (non-hydrogen) atoms. The van der Waals surface area contributed by atoms with Crippen LogP contribution in [0.1, 0.15) is 45.4 Å². The molecular weight excluding hydrogens is 224 g/mol. The minimum Gasteiger partial charge on any atom is -0.393 e. The van der Waals surface area contributed by atoms with Gasteiger partial charge in [0, 0.05) is 12.6 Å². The van der Waals surface area contributed by atoms with E-state index in [9.17, 15) is 5.11 Å². The van der Waals surface area contributed by atoms with Crippen molar-refractivity contribution in [3.8, 4) is 0 Å².